The maximum atomic E-state index is 12.2. The number of carbonyl (C=O) groups is 1. The minimum Gasteiger partial charge on any atom is -0.323 e. The fourth-order valence-corrected chi connectivity index (χ4v) is 1.79. The molecule has 5 nitrogen and oxygen atoms in total. The molecule has 1 heterocycles. The van der Waals surface area contributed by atoms with Gasteiger partial charge in [0.15, 0.2) is 0 Å². The zero-order valence-corrected chi connectivity index (χ0v) is 11.0. The number of hydrogen-bond acceptors (Lipinski definition) is 4. The fourth-order valence-electron chi connectivity index (χ4n) is 1.62. The molecule has 4 N–H and O–H groups in total. The van der Waals surface area contributed by atoms with E-state index in [1.807, 2.05) is 13.0 Å². The second-order valence-corrected chi connectivity index (χ2v) is 4.42. The molecule has 6 heteroatoms. The Kier molecular flexibility index (Phi) is 3.99. The van der Waals surface area contributed by atoms with Gasteiger partial charge in [-0.3, -0.25) is 15.6 Å². The number of nitrogens with one attached hydrogen (secondary N) is 2. The zero-order chi connectivity index (χ0) is 13.8. The van der Waals surface area contributed by atoms with Crippen LogP contribution >= 0.6 is 11.6 Å². The van der Waals surface area contributed by atoms with Crippen LogP contribution in [0.4, 0.5) is 11.4 Å². The summed E-state index contributed by atoms with van der Waals surface area (Å²) in [4.78, 5) is 16.1. The summed E-state index contributed by atoms with van der Waals surface area (Å²) in [7, 11) is 0. The number of nitrogens with two attached hydrogens (primary N) is 1. The molecule has 0 unspecified atom stereocenters. The minimum absolute atomic E-state index is 0.300. The summed E-state index contributed by atoms with van der Waals surface area (Å²) in [5, 5.41) is 3.34. The first-order chi connectivity index (χ1) is 9.11. The number of nitrogen functional groups attached to an aromatic ring is 1. The number of aromatic nitrogens is 1. The Balaban J connectivity index is 2.28. The van der Waals surface area contributed by atoms with Crippen LogP contribution in [0.5, 0.6) is 0 Å². The first-order valence-corrected chi connectivity index (χ1v) is 5.97. The maximum Gasteiger partial charge on any atom is 0.259 e. The van der Waals surface area contributed by atoms with Crippen molar-refractivity contribution in [2.75, 3.05) is 10.7 Å². The van der Waals surface area contributed by atoms with Crippen molar-refractivity contribution in [2.45, 2.75) is 6.92 Å². The highest BCUT2D eigenvalue weighted by Gasteiger charge is 2.12. The fraction of sp³-hybridized carbons (Fsp3) is 0.0769. The Morgan fingerprint density at radius 3 is 2.84 bits per heavy atom. The molecule has 1 aromatic carbocycles. The number of pyridine rings is 1. The third-order valence-corrected chi connectivity index (χ3v) is 2.90. The van der Waals surface area contributed by atoms with Crippen LogP contribution in [0, 0.1) is 6.92 Å². The van der Waals surface area contributed by atoms with E-state index < -0.39 is 0 Å². The van der Waals surface area contributed by atoms with Crippen LogP contribution in [0.3, 0.4) is 0 Å². The molecule has 0 aliphatic heterocycles. The van der Waals surface area contributed by atoms with Gasteiger partial charge in [0, 0.05) is 23.1 Å². The summed E-state index contributed by atoms with van der Waals surface area (Å²) in [5.41, 5.74) is 4.91. The van der Waals surface area contributed by atoms with Gasteiger partial charge >= 0.3 is 0 Å². The van der Waals surface area contributed by atoms with Crippen molar-refractivity contribution in [1.29, 1.82) is 0 Å². The highest BCUT2D eigenvalue weighted by Crippen LogP contribution is 2.22. The Hall–Kier alpha value is -2.11. The zero-order valence-electron chi connectivity index (χ0n) is 10.3. The molecule has 0 aliphatic carbocycles. The molecule has 0 saturated carbocycles. The second-order valence-electron chi connectivity index (χ2n) is 3.98. The van der Waals surface area contributed by atoms with E-state index in [0.29, 0.717) is 22.0 Å². The molecule has 0 saturated heterocycles. The van der Waals surface area contributed by atoms with Crippen molar-refractivity contribution in [1.82, 2.24) is 4.98 Å². The smallest absolute Gasteiger partial charge is 0.259 e. The van der Waals surface area contributed by atoms with Gasteiger partial charge in [-0.2, -0.15) is 0 Å². The van der Waals surface area contributed by atoms with E-state index in [2.05, 4.69) is 15.7 Å². The quantitative estimate of drug-likeness (QED) is 0.595. The van der Waals surface area contributed by atoms with E-state index >= 15 is 0 Å². The van der Waals surface area contributed by atoms with Crippen LogP contribution in [-0.4, -0.2) is 10.9 Å². The van der Waals surface area contributed by atoms with Gasteiger partial charge in [-0.05, 0) is 30.7 Å². The van der Waals surface area contributed by atoms with Crippen LogP contribution in [0.25, 0.3) is 0 Å². The molecule has 0 bridgehead atoms. The third kappa shape index (κ3) is 3.01. The van der Waals surface area contributed by atoms with Crippen molar-refractivity contribution < 1.29 is 4.79 Å². The summed E-state index contributed by atoms with van der Waals surface area (Å²) in [6, 6.07) is 6.92. The van der Waals surface area contributed by atoms with Gasteiger partial charge in [0.05, 0.1) is 11.3 Å². The van der Waals surface area contributed by atoms with E-state index in [4.69, 9.17) is 17.4 Å². The van der Waals surface area contributed by atoms with E-state index in [-0.39, 0.29) is 5.91 Å². The lowest BCUT2D eigenvalue weighted by atomic mass is 10.1. The molecular weight excluding hydrogens is 264 g/mol. The number of carbonyl (C=O) groups excluding carboxylic acids is 1. The Bertz CT molecular complexity index is 615. The SMILES string of the molecule is Cc1ccc(Cl)cc1NC(=O)c1cnccc1NN. The average Bonchev–Trinajstić information content (AvgIpc) is 2.42. The summed E-state index contributed by atoms with van der Waals surface area (Å²) < 4.78 is 0. The minimum atomic E-state index is -0.300. The molecule has 0 spiro atoms. The van der Waals surface area contributed by atoms with E-state index in [0.717, 1.165) is 5.56 Å². The summed E-state index contributed by atoms with van der Waals surface area (Å²) in [6.07, 6.45) is 3.00. The van der Waals surface area contributed by atoms with Gasteiger partial charge in [0.25, 0.3) is 5.91 Å². The molecule has 0 atom stereocenters. The Morgan fingerprint density at radius 1 is 1.32 bits per heavy atom. The number of nitrogens with zero attached hydrogens (tertiary/aromatic N) is 1. The molecular formula is C13H13ClN4O. The highest BCUT2D eigenvalue weighted by atomic mass is 35.5. The molecule has 1 amide bonds. The topological polar surface area (TPSA) is 80.0 Å². The molecule has 2 aromatic rings. The van der Waals surface area contributed by atoms with Gasteiger partial charge in [-0.15, -0.1) is 0 Å². The van der Waals surface area contributed by atoms with Gasteiger partial charge in [0.2, 0.25) is 0 Å². The molecule has 0 aliphatic rings. The van der Waals surface area contributed by atoms with Crippen LogP contribution in [0.2, 0.25) is 5.02 Å². The lowest BCUT2D eigenvalue weighted by molar-refractivity contribution is 0.102. The first-order valence-electron chi connectivity index (χ1n) is 5.60. The monoisotopic (exact) mass is 276 g/mol. The number of anilines is 2. The standard InChI is InChI=1S/C13H13ClN4O/c1-8-2-3-9(14)6-12(8)17-13(19)10-7-16-5-4-11(10)18-15/h2-7H,15H2,1H3,(H,16,18)(H,17,19). The average molecular weight is 277 g/mol. The third-order valence-electron chi connectivity index (χ3n) is 2.67. The van der Waals surface area contributed by atoms with Gasteiger partial charge < -0.3 is 10.7 Å². The molecule has 98 valence electrons. The van der Waals surface area contributed by atoms with Gasteiger partial charge in [0.1, 0.15) is 0 Å². The summed E-state index contributed by atoms with van der Waals surface area (Å²) >= 11 is 5.91. The number of hydrazine groups is 1. The number of benzene rings is 1. The van der Waals surface area contributed by atoms with Crippen molar-refractivity contribution >= 4 is 28.9 Å². The van der Waals surface area contributed by atoms with Crippen molar-refractivity contribution in [2.24, 2.45) is 5.84 Å². The van der Waals surface area contributed by atoms with Crippen LogP contribution < -0.4 is 16.6 Å². The van der Waals surface area contributed by atoms with Crippen molar-refractivity contribution in [3.05, 3.63) is 52.8 Å². The maximum absolute atomic E-state index is 12.2. The van der Waals surface area contributed by atoms with Gasteiger partial charge in [-0.1, -0.05) is 17.7 Å². The molecule has 1 aromatic heterocycles. The molecule has 0 fully saturated rings. The Morgan fingerprint density at radius 2 is 2.11 bits per heavy atom. The van der Waals surface area contributed by atoms with Crippen molar-refractivity contribution in [3.8, 4) is 0 Å². The normalized spacial score (nSPS) is 10.1. The van der Waals surface area contributed by atoms with Crippen LogP contribution in [0.1, 0.15) is 15.9 Å². The molecule has 2 rings (SSSR count). The summed E-state index contributed by atoms with van der Waals surface area (Å²) in [5.74, 6) is 5.06. The van der Waals surface area contributed by atoms with E-state index in [1.165, 1.54) is 6.20 Å². The van der Waals surface area contributed by atoms with Crippen LogP contribution in [0.15, 0.2) is 36.7 Å². The predicted molar refractivity (Wildman–Crippen MR) is 76.2 cm³/mol. The van der Waals surface area contributed by atoms with E-state index in [1.54, 1.807) is 24.4 Å². The van der Waals surface area contributed by atoms with Gasteiger partial charge in [-0.25, -0.2) is 0 Å². The first kappa shape index (κ1) is 13.3. The van der Waals surface area contributed by atoms with Crippen LogP contribution in [-0.2, 0) is 0 Å². The number of amides is 1. The number of halogens is 1. The number of hydrogen-bond donors (Lipinski definition) is 3. The van der Waals surface area contributed by atoms with Crippen molar-refractivity contribution in [3.63, 3.8) is 0 Å². The highest BCUT2D eigenvalue weighted by molar-refractivity contribution is 6.31. The lowest BCUT2D eigenvalue weighted by Crippen LogP contribution is -2.18. The molecule has 0 radical (unpaired) electrons. The van der Waals surface area contributed by atoms with E-state index in [9.17, 15) is 4.79 Å². The number of aryl methyl sites for hydroxylation is 1. The second kappa shape index (κ2) is 5.69. The Labute approximate surface area is 115 Å². The largest absolute Gasteiger partial charge is 0.323 e. The molecule has 19 heavy (non-hydrogen) atoms. The predicted octanol–water partition coefficient (Wildman–Crippen LogP) is 2.58. The summed E-state index contributed by atoms with van der Waals surface area (Å²) in [6.45, 7) is 1.89. The number of rotatable bonds is 3. The lowest BCUT2D eigenvalue weighted by Gasteiger charge is -2.11.